The summed E-state index contributed by atoms with van der Waals surface area (Å²) >= 11 is 1.74. The standard InChI is InChI=1S/C14H16N2S/c1-9-10(2)17-13(16-9)14(15)8-7-11-5-3-4-6-12(11)14/h3-6H,7-8,15H2,1-2H3. The van der Waals surface area contributed by atoms with E-state index >= 15 is 0 Å². The molecule has 1 unspecified atom stereocenters. The summed E-state index contributed by atoms with van der Waals surface area (Å²) < 4.78 is 0. The first-order valence-corrected chi connectivity index (χ1v) is 6.75. The van der Waals surface area contributed by atoms with E-state index in [1.165, 1.54) is 16.0 Å². The molecular formula is C14H16N2S. The maximum absolute atomic E-state index is 6.62. The van der Waals surface area contributed by atoms with Crippen LogP contribution in [0.1, 0.15) is 33.1 Å². The second-order valence-corrected chi connectivity index (χ2v) is 5.99. The van der Waals surface area contributed by atoms with E-state index in [2.05, 4.69) is 43.1 Å². The zero-order valence-electron chi connectivity index (χ0n) is 10.2. The SMILES string of the molecule is Cc1nc(C2(N)CCc3ccccc32)sc1C. The van der Waals surface area contributed by atoms with Gasteiger partial charge in [-0.2, -0.15) is 0 Å². The Morgan fingerprint density at radius 3 is 2.76 bits per heavy atom. The zero-order valence-corrected chi connectivity index (χ0v) is 11.0. The molecule has 1 aromatic carbocycles. The van der Waals surface area contributed by atoms with Crippen LogP contribution in [0, 0.1) is 13.8 Å². The molecule has 0 fully saturated rings. The minimum Gasteiger partial charge on any atom is -0.316 e. The fourth-order valence-corrected chi connectivity index (χ4v) is 3.59. The van der Waals surface area contributed by atoms with Crippen LogP contribution in [0.25, 0.3) is 0 Å². The first-order chi connectivity index (χ1) is 8.11. The molecule has 2 N–H and O–H groups in total. The van der Waals surface area contributed by atoms with Gasteiger partial charge < -0.3 is 5.73 Å². The molecule has 0 radical (unpaired) electrons. The van der Waals surface area contributed by atoms with Crippen LogP contribution in [0.3, 0.4) is 0 Å². The van der Waals surface area contributed by atoms with Crippen LogP contribution >= 0.6 is 11.3 Å². The van der Waals surface area contributed by atoms with E-state index in [0.717, 1.165) is 23.5 Å². The summed E-state index contributed by atoms with van der Waals surface area (Å²) in [6.45, 7) is 4.17. The number of thiazole rings is 1. The molecule has 1 aliphatic carbocycles. The van der Waals surface area contributed by atoms with Crippen LogP contribution in [-0.2, 0) is 12.0 Å². The maximum Gasteiger partial charge on any atom is 0.118 e. The lowest BCUT2D eigenvalue weighted by molar-refractivity contribution is 0.530. The van der Waals surface area contributed by atoms with Crippen LogP contribution in [0.5, 0.6) is 0 Å². The minimum absolute atomic E-state index is 0.361. The number of aryl methyl sites for hydroxylation is 3. The molecule has 1 aromatic heterocycles. The average Bonchev–Trinajstić information content (AvgIpc) is 2.84. The smallest absolute Gasteiger partial charge is 0.118 e. The third kappa shape index (κ3) is 1.53. The number of benzene rings is 1. The molecule has 0 amide bonds. The molecule has 0 aliphatic heterocycles. The van der Waals surface area contributed by atoms with Gasteiger partial charge >= 0.3 is 0 Å². The predicted molar refractivity (Wildman–Crippen MR) is 71.3 cm³/mol. The van der Waals surface area contributed by atoms with Crippen LogP contribution < -0.4 is 5.73 Å². The Balaban J connectivity index is 2.15. The Labute approximate surface area is 106 Å². The van der Waals surface area contributed by atoms with E-state index in [1.54, 1.807) is 11.3 Å². The van der Waals surface area contributed by atoms with E-state index in [4.69, 9.17) is 5.73 Å². The lowest BCUT2D eigenvalue weighted by atomic mass is 9.94. The van der Waals surface area contributed by atoms with Crippen molar-refractivity contribution in [3.05, 3.63) is 51.0 Å². The number of hydrogen-bond acceptors (Lipinski definition) is 3. The van der Waals surface area contributed by atoms with E-state index in [1.807, 2.05) is 0 Å². The Kier molecular flexibility index (Phi) is 2.35. The lowest BCUT2D eigenvalue weighted by Crippen LogP contribution is -2.35. The van der Waals surface area contributed by atoms with E-state index in [-0.39, 0.29) is 5.54 Å². The first-order valence-electron chi connectivity index (χ1n) is 5.93. The number of fused-ring (bicyclic) bond motifs is 1. The van der Waals surface area contributed by atoms with Crippen molar-refractivity contribution in [3.63, 3.8) is 0 Å². The van der Waals surface area contributed by atoms with Gasteiger partial charge in [-0.1, -0.05) is 24.3 Å². The summed E-state index contributed by atoms with van der Waals surface area (Å²) in [5, 5.41) is 1.07. The average molecular weight is 244 g/mol. The Morgan fingerprint density at radius 1 is 1.29 bits per heavy atom. The van der Waals surface area contributed by atoms with Crippen LogP contribution in [0.2, 0.25) is 0 Å². The van der Waals surface area contributed by atoms with Crippen molar-refractivity contribution in [2.75, 3.05) is 0 Å². The fourth-order valence-electron chi connectivity index (χ4n) is 2.53. The largest absolute Gasteiger partial charge is 0.316 e. The second-order valence-electron chi connectivity index (χ2n) is 4.79. The lowest BCUT2D eigenvalue weighted by Gasteiger charge is -2.22. The van der Waals surface area contributed by atoms with Crippen molar-refractivity contribution >= 4 is 11.3 Å². The molecule has 0 spiro atoms. The molecular weight excluding hydrogens is 228 g/mol. The van der Waals surface area contributed by atoms with Gasteiger partial charge in [0.2, 0.25) is 0 Å². The molecule has 0 bridgehead atoms. The third-order valence-electron chi connectivity index (χ3n) is 3.70. The Morgan fingerprint density at radius 2 is 2.06 bits per heavy atom. The fraction of sp³-hybridized carbons (Fsp3) is 0.357. The molecule has 88 valence electrons. The van der Waals surface area contributed by atoms with Crippen LogP contribution in [-0.4, -0.2) is 4.98 Å². The number of nitrogens with zero attached hydrogens (tertiary/aromatic N) is 1. The van der Waals surface area contributed by atoms with Gasteiger partial charge in [-0.15, -0.1) is 11.3 Å². The molecule has 3 heteroatoms. The number of hydrogen-bond donors (Lipinski definition) is 1. The Bertz CT molecular complexity index is 554. The van der Waals surface area contributed by atoms with E-state index in [0.29, 0.717) is 0 Å². The van der Waals surface area contributed by atoms with Crippen LogP contribution in [0.4, 0.5) is 0 Å². The molecule has 1 atom stereocenters. The molecule has 1 aliphatic rings. The zero-order chi connectivity index (χ0) is 12.0. The summed E-state index contributed by atoms with van der Waals surface area (Å²) in [5.74, 6) is 0. The van der Waals surface area contributed by atoms with Crippen molar-refractivity contribution in [2.45, 2.75) is 32.2 Å². The number of rotatable bonds is 1. The highest BCUT2D eigenvalue weighted by molar-refractivity contribution is 7.11. The summed E-state index contributed by atoms with van der Waals surface area (Å²) in [7, 11) is 0. The van der Waals surface area contributed by atoms with Crippen molar-refractivity contribution < 1.29 is 0 Å². The monoisotopic (exact) mass is 244 g/mol. The number of aromatic nitrogens is 1. The maximum atomic E-state index is 6.62. The molecule has 17 heavy (non-hydrogen) atoms. The van der Waals surface area contributed by atoms with Gasteiger partial charge in [0.1, 0.15) is 5.01 Å². The van der Waals surface area contributed by atoms with Crippen molar-refractivity contribution in [2.24, 2.45) is 5.73 Å². The highest BCUT2D eigenvalue weighted by Gasteiger charge is 2.39. The van der Waals surface area contributed by atoms with Gasteiger partial charge in [0, 0.05) is 4.88 Å². The first kappa shape index (κ1) is 10.9. The van der Waals surface area contributed by atoms with Gasteiger partial charge in [0.05, 0.1) is 11.2 Å². The third-order valence-corrected chi connectivity index (χ3v) is 4.95. The van der Waals surface area contributed by atoms with Gasteiger partial charge in [0.15, 0.2) is 0 Å². The van der Waals surface area contributed by atoms with E-state index in [9.17, 15) is 0 Å². The summed E-state index contributed by atoms with van der Waals surface area (Å²) in [4.78, 5) is 5.93. The van der Waals surface area contributed by atoms with Crippen molar-refractivity contribution in [1.82, 2.24) is 4.98 Å². The predicted octanol–water partition coefficient (Wildman–Crippen LogP) is 2.91. The van der Waals surface area contributed by atoms with Crippen LogP contribution in [0.15, 0.2) is 24.3 Å². The van der Waals surface area contributed by atoms with E-state index < -0.39 is 0 Å². The highest BCUT2D eigenvalue weighted by atomic mass is 32.1. The summed E-state index contributed by atoms with van der Waals surface area (Å²) in [5.41, 5.74) is 10.0. The Hall–Kier alpha value is -1.19. The van der Waals surface area contributed by atoms with Gasteiger partial charge in [-0.3, -0.25) is 0 Å². The molecule has 2 nitrogen and oxygen atoms in total. The van der Waals surface area contributed by atoms with Crippen molar-refractivity contribution in [3.8, 4) is 0 Å². The molecule has 3 rings (SSSR count). The normalized spacial score (nSPS) is 22.8. The minimum atomic E-state index is -0.361. The van der Waals surface area contributed by atoms with Gasteiger partial charge in [-0.25, -0.2) is 4.98 Å². The number of nitrogens with two attached hydrogens (primary N) is 1. The molecule has 0 saturated carbocycles. The van der Waals surface area contributed by atoms with Crippen molar-refractivity contribution in [1.29, 1.82) is 0 Å². The summed E-state index contributed by atoms with van der Waals surface area (Å²) in [6, 6.07) is 8.48. The quantitative estimate of drug-likeness (QED) is 0.837. The van der Waals surface area contributed by atoms with Gasteiger partial charge in [0.25, 0.3) is 0 Å². The van der Waals surface area contributed by atoms with Gasteiger partial charge in [-0.05, 0) is 37.8 Å². The topological polar surface area (TPSA) is 38.9 Å². The molecule has 2 aromatic rings. The highest BCUT2D eigenvalue weighted by Crippen LogP contribution is 2.41. The second kappa shape index (κ2) is 3.65. The summed E-state index contributed by atoms with van der Waals surface area (Å²) in [6.07, 6.45) is 2.03. The molecule has 1 heterocycles. The molecule has 0 saturated heterocycles.